The molecule has 0 saturated carbocycles. The zero-order chi connectivity index (χ0) is 13.9. The first-order chi connectivity index (χ1) is 9.72. The molecule has 1 amide bonds. The van der Waals surface area contributed by atoms with E-state index in [0.717, 1.165) is 5.56 Å². The Morgan fingerprint density at radius 1 is 1.30 bits per heavy atom. The van der Waals surface area contributed by atoms with Gasteiger partial charge in [0.05, 0.1) is 0 Å². The third kappa shape index (κ3) is 2.60. The lowest BCUT2D eigenvalue weighted by atomic mass is 10.1. The van der Waals surface area contributed by atoms with Crippen LogP contribution in [0.2, 0.25) is 0 Å². The normalized spacial score (nSPS) is 10.4. The molecule has 1 aromatic carbocycles. The fraction of sp³-hybridized carbons (Fsp3) is 0.0714. The quantitative estimate of drug-likeness (QED) is 0.801. The van der Waals surface area contributed by atoms with E-state index in [9.17, 15) is 4.79 Å². The Bertz CT molecular complexity index is 717. The molecule has 0 bridgehead atoms. The van der Waals surface area contributed by atoms with E-state index in [1.165, 1.54) is 16.9 Å². The van der Waals surface area contributed by atoms with Crippen LogP contribution in [0.3, 0.4) is 0 Å². The fourth-order valence-corrected chi connectivity index (χ4v) is 2.21. The van der Waals surface area contributed by atoms with Crippen LogP contribution in [0, 0.1) is 6.92 Å². The van der Waals surface area contributed by atoms with Crippen molar-refractivity contribution < 1.29 is 9.32 Å². The Hall–Kier alpha value is -2.47. The number of aryl methyl sites for hydroxylation is 1. The number of anilines is 1. The van der Waals surface area contributed by atoms with Crippen LogP contribution in [0.4, 0.5) is 5.13 Å². The Morgan fingerprint density at radius 2 is 2.10 bits per heavy atom. The van der Waals surface area contributed by atoms with Crippen LogP contribution in [0.5, 0.6) is 0 Å². The summed E-state index contributed by atoms with van der Waals surface area (Å²) in [5.74, 6) is -0.193. The molecule has 2 aromatic heterocycles. The maximum Gasteiger partial charge on any atom is 0.296 e. The molecule has 5 nitrogen and oxygen atoms in total. The molecule has 0 atom stereocenters. The molecule has 0 aliphatic heterocycles. The van der Waals surface area contributed by atoms with Crippen LogP contribution >= 0.6 is 11.3 Å². The number of amides is 1. The number of carbonyl (C=O) groups excluding carboxylic acids is 1. The molecule has 0 aliphatic rings. The highest BCUT2D eigenvalue weighted by Crippen LogP contribution is 2.20. The first-order valence-corrected chi connectivity index (χ1v) is 6.85. The van der Waals surface area contributed by atoms with Gasteiger partial charge in [0.2, 0.25) is 5.76 Å². The van der Waals surface area contributed by atoms with Crippen molar-refractivity contribution >= 4 is 22.4 Å². The van der Waals surface area contributed by atoms with Gasteiger partial charge in [0.1, 0.15) is 5.69 Å². The minimum Gasteiger partial charge on any atom is -0.350 e. The highest BCUT2D eigenvalue weighted by molar-refractivity contribution is 7.13. The summed E-state index contributed by atoms with van der Waals surface area (Å²) in [6.07, 6.45) is 1.62. The van der Waals surface area contributed by atoms with Gasteiger partial charge in [-0.1, -0.05) is 35.0 Å². The van der Waals surface area contributed by atoms with Crippen molar-refractivity contribution in [2.45, 2.75) is 6.92 Å². The van der Waals surface area contributed by atoms with Gasteiger partial charge in [0.25, 0.3) is 5.91 Å². The Kier molecular flexibility index (Phi) is 3.30. The molecule has 3 aromatic rings. The van der Waals surface area contributed by atoms with Crippen molar-refractivity contribution in [3.8, 4) is 11.3 Å². The summed E-state index contributed by atoms with van der Waals surface area (Å²) >= 11 is 1.35. The Labute approximate surface area is 119 Å². The van der Waals surface area contributed by atoms with Crippen LogP contribution < -0.4 is 5.32 Å². The molecule has 0 radical (unpaired) electrons. The molecule has 3 rings (SSSR count). The lowest BCUT2D eigenvalue weighted by Crippen LogP contribution is -2.10. The second kappa shape index (κ2) is 5.26. The number of thiazole rings is 1. The maximum absolute atomic E-state index is 11.9. The first kappa shape index (κ1) is 12.6. The van der Waals surface area contributed by atoms with Gasteiger partial charge < -0.3 is 4.52 Å². The second-order valence-corrected chi connectivity index (χ2v) is 5.13. The molecule has 0 spiro atoms. The van der Waals surface area contributed by atoms with Crippen molar-refractivity contribution in [3.63, 3.8) is 0 Å². The molecular weight excluding hydrogens is 274 g/mol. The van der Waals surface area contributed by atoms with E-state index in [1.54, 1.807) is 17.6 Å². The Morgan fingerprint density at radius 3 is 2.80 bits per heavy atom. The number of hydrogen-bond donors (Lipinski definition) is 1. The van der Waals surface area contributed by atoms with Crippen LogP contribution in [-0.4, -0.2) is 16.0 Å². The molecule has 0 fully saturated rings. The summed E-state index contributed by atoms with van der Waals surface area (Å²) in [6.45, 7) is 2.01. The molecule has 20 heavy (non-hydrogen) atoms. The third-order valence-electron chi connectivity index (χ3n) is 2.73. The third-order valence-corrected chi connectivity index (χ3v) is 3.42. The van der Waals surface area contributed by atoms with Crippen LogP contribution in [-0.2, 0) is 0 Å². The van der Waals surface area contributed by atoms with Crippen molar-refractivity contribution in [2.24, 2.45) is 0 Å². The van der Waals surface area contributed by atoms with Gasteiger partial charge in [-0.25, -0.2) is 4.98 Å². The van der Waals surface area contributed by atoms with E-state index in [0.29, 0.717) is 10.8 Å². The molecule has 0 aliphatic carbocycles. The van der Waals surface area contributed by atoms with Gasteiger partial charge in [-0.3, -0.25) is 10.1 Å². The lowest BCUT2D eigenvalue weighted by molar-refractivity contribution is 0.0988. The summed E-state index contributed by atoms with van der Waals surface area (Å²) in [5, 5.41) is 8.88. The first-order valence-electron chi connectivity index (χ1n) is 5.97. The maximum atomic E-state index is 11.9. The summed E-state index contributed by atoms with van der Waals surface area (Å²) in [6, 6.07) is 9.47. The van der Waals surface area contributed by atoms with E-state index in [2.05, 4.69) is 15.5 Å². The monoisotopic (exact) mass is 285 g/mol. The highest BCUT2D eigenvalue weighted by Gasteiger charge is 2.14. The smallest absolute Gasteiger partial charge is 0.296 e. The average molecular weight is 285 g/mol. The standard InChI is InChI=1S/C14H11N3O2S/c1-9-2-4-10(5-3-9)11-8-12(19-17-11)13(18)16-14-15-6-7-20-14/h2-8H,1H3,(H,15,16,18). The largest absolute Gasteiger partial charge is 0.350 e. The van der Waals surface area contributed by atoms with E-state index in [-0.39, 0.29) is 11.7 Å². The number of aromatic nitrogens is 2. The molecule has 6 heteroatoms. The van der Waals surface area contributed by atoms with Crippen LogP contribution in [0.1, 0.15) is 16.1 Å². The molecule has 2 heterocycles. The lowest BCUT2D eigenvalue weighted by Gasteiger charge is -1.96. The van der Waals surface area contributed by atoms with E-state index < -0.39 is 0 Å². The van der Waals surface area contributed by atoms with E-state index >= 15 is 0 Å². The van der Waals surface area contributed by atoms with Gasteiger partial charge in [-0.2, -0.15) is 0 Å². The van der Waals surface area contributed by atoms with Crippen molar-refractivity contribution in [3.05, 3.63) is 53.2 Å². The molecule has 1 N–H and O–H groups in total. The number of benzene rings is 1. The molecule has 100 valence electrons. The molecule has 0 unspecified atom stereocenters. The number of nitrogens with zero attached hydrogens (tertiary/aromatic N) is 2. The predicted molar refractivity (Wildman–Crippen MR) is 76.7 cm³/mol. The summed E-state index contributed by atoms with van der Waals surface area (Å²) in [4.78, 5) is 15.9. The van der Waals surface area contributed by atoms with Gasteiger partial charge in [0, 0.05) is 23.2 Å². The number of nitrogens with one attached hydrogen (secondary N) is 1. The van der Waals surface area contributed by atoms with Crippen molar-refractivity contribution in [2.75, 3.05) is 5.32 Å². The predicted octanol–water partition coefficient (Wildman–Crippen LogP) is 3.36. The van der Waals surface area contributed by atoms with Gasteiger partial charge >= 0.3 is 0 Å². The topological polar surface area (TPSA) is 68.0 Å². The van der Waals surface area contributed by atoms with Gasteiger partial charge in [0.15, 0.2) is 5.13 Å². The minimum atomic E-state index is -0.356. The number of carbonyl (C=O) groups is 1. The second-order valence-electron chi connectivity index (χ2n) is 4.23. The van der Waals surface area contributed by atoms with Crippen LogP contribution in [0.15, 0.2) is 46.4 Å². The van der Waals surface area contributed by atoms with E-state index in [4.69, 9.17) is 4.52 Å². The average Bonchev–Trinajstić information content (AvgIpc) is 3.10. The molecular formula is C14H11N3O2S. The van der Waals surface area contributed by atoms with Crippen LogP contribution in [0.25, 0.3) is 11.3 Å². The van der Waals surface area contributed by atoms with Gasteiger partial charge in [-0.05, 0) is 6.92 Å². The SMILES string of the molecule is Cc1ccc(-c2cc(C(=O)Nc3nccs3)on2)cc1. The van der Waals surface area contributed by atoms with Crippen molar-refractivity contribution in [1.29, 1.82) is 0 Å². The zero-order valence-electron chi connectivity index (χ0n) is 10.7. The molecule has 0 saturated heterocycles. The summed E-state index contributed by atoms with van der Waals surface area (Å²) in [7, 11) is 0. The van der Waals surface area contributed by atoms with E-state index in [1.807, 2.05) is 31.2 Å². The summed E-state index contributed by atoms with van der Waals surface area (Å²) < 4.78 is 5.07. The minimum absolute atomic E-state index is 0.163. The highest BCUT2D eigenvalue weighted by atomic mass is 32.1. The fourth-order valence-electron chi connectivity index (χ4n) is 1.69. The summed E-state index contributed by atoms with van der Waals surface area (Å²) in [5.41, 5.74) is 2.71. The zero-order valence-corrected chi connectivity index (χ0v) is 11.5. The Balaban J connectivity index is 1.79. The van der Waals surface area contributed by atoms with Gasteiger partial charge in [-0.15, -0.1) is 11.3 Å². The van der Waals surface area contributed by atoms with Crippen molar-refractivity contribution in [1.82, 2.24) is 10.1 Å². The number of rotatable bonds is 3. The number of hydrogen-bond acceptors (Lipinski definition) is 5.